The van der Waals surface area contributed by atoms with Crippen molar-refractivity contribution in [2.24, 2.45) is 0 Å². The maximum atomic E-state index is 13.5. The minimum Gasteiger partial charge on any atom is -0.478 e. The highest BCUT2D eigenvalue weighted by atomic mass is 32.2. The fourth-order valence-electron chi connectivity index (χ4n) is 1.28. The third-order valence-electron chi connectivity index (χ3n) is 2.29. The maximum Gasteiger partial charge on any atom is 0.335 e. The van der Waals surface area contributed by atoms with Crippen LogP contribution in [-0.4, -0.2) is 25.2 Å². The number of carboxylic acids is 1. The van der Waals surface area contributed by atoms with Crippen LogP contribution in [0.2, 0.25) is 0 Å². The average molecular weight is 290 g/mol. The van der Waals surface area contributed by atoms with E-state index in [1.807, 2.05) is 0 Å². The maximum absolute atomic E-state index is 13.5. The molecule has 0 bridgehead atoms. The molecule has 7 heteroatoms. The van der Waals surface area contributed by atoms with Crippen LogP contribution in [0.5, 0.6) is 0 Å². The fourth-order valence-corrected chi connectivity index (χ4v) is 2.69. The number of benzene rings is 1. The summed E-state index contributed by atoms with van der Waals surface area (Å²) in [5, 5.41) is 8.71. The third kappa shape index (κ3) is 3.60. The zero-order chi connectivity index (χ0) is 14.8. The van der Waals surface area contributed by atoms with E-state index < -0.39 is 43.7 Å². The number of carbonyl (C=O) groups is 1. The minimum atomic E-state index is -4.12. The Hall–Kier alpha value is -1.76. The number of aromatic carboxylic acids is 1. The van der Waals surface area contributed by atoms with E-state index in [0.29, 0.717) is 17.7 Å². The molecule has 0 saturated heterocycles. The lowest BCUT2D eigenvalue weighted by Gasteiger charge is -2.06. The molecule has 0 atom stereocenters. The second-order valence-corrected chi connectivity index (χ2v) is 6.14. The SMILES string of the molecule is CC(C)=CCS(=O)(=O)c1cc(C(=O)O)cc(F)c1F. The highest BCUT2D eigenvalue weighted by Gasteiger charge is 2.23. The summed E-state index contributed by atoms with van der Waals surface area (Å²) in [6, 6.07) is 1.06. The van der Waals surface area contributed by atoms with Crippen LogP contribution < -0.4 is 0 Å². The molecule has 0 aliphatic heterocycles. The summed E-state index contributed by atoms with van der Waals surface area (Å²) >= 11 is 0. The summed E-state index contributed by atoms with van der Waals surface area (Å²) in [6.45, 7) is 3.31. The molecule has 0 amide bonds. The van der Waals surface area contributed by atoms with Crippen LogP contribution in [0, 0.1) is 11.6 Å². The van der Waals surface area contributed by atoms with E-state index in [9.17, 15) is 22.0 Å². The van der Waals surface area contributed by atoms with Gasteiger partial charge in [0.2, 0.25) is 0 Å². The van der Waals surface area contributed by atoms with Gasteiger partial charge in [0.05, 0.1) is 11.3 Å². The second-order valence-electron chi connectivity index (χ2n) is 4.14. The monoisotopic (exact) mass is 290 g/mol. The standard InChI is InChI=1S/C12H12F2O4S/c1-7(2)3-4-19(17,18)10-6-8(12(15)16)5-9(13)11(10)14/h3,5-6H,4H2,1-2H3,(H,15,16). The first-order valence-corrected chi connectivity index (χ1v) is 6.89. The van der Waals surface area contributed by atoms with Crippen molar-refractivity contribution in [3.8, 4) is 0 Å². The van der Waals surface area contributed by atoms with Crippen molar-refractivity contribution in [2.75, 3.05) is 5.75 Å². The van der Waals surface area contributed by atoms with Crippen molar-refractivity contribution < 1.29 is 27.1 Å². The number of halogens is 2. The smallest absolute Gasteiger partial charge is 0.335 e. The van der Waals surface area contributed by atoms with Gasteiger partial charge in [-0.15, -0.1) is 0 Å². The molecule has 0 aromatic heterocycles. The van der Waals surface area contributed by atoms with Crippen molar-refractivity contribution in [1.82, 2.24) is 0 Å². The molecule has 19 heavy (non-hydrogen) atoms. The molecule has 4 nitrogen and oxygen atoms in total. The van der Waals surface area contributed by atoms with Gasteiger partial charge in [-0.25, -0.2) is 22.0 Å². The highest BCUT2D eigenvalue weighted by Crippen LogP contribution is 2.21. The Morgan fingerprint density at radius 1 is 1.32 bits per heavy atom. The first-order chi connectivity index (χ1) is 8.65. The number of carboxylic acid groups (broad SMARTS) is 1. The summed E-state index contributed by atoms with van der Waals surface area (Å²) in [5.74, 6) is -5.12. The molecular weight excluding hydrogens is 278 g/mol. The van der Waals surface area contributed by atoms with Crippen LogP contribution in [0.15, 0.2) is 28.7 Å². The molecule has 0 spiro atoms. The van der Waals surface area contributed by atoms with E-state index >= 15 is 0 Å². The van der Waals surface area contributed by atoms with Crippen LogP contribution >= 0.6 is 0 Å². The predicted octanol–water partition coefficient (Wildman–Crippen LogP) is 2.40. The molecule has 1 rings (SSSR count). The minimum absolute atomic E-state index is 0.442. The zero-order valence-corrected chi connectivity index (χ0v) is 11.1. The van der Waals surface area contributed by atoms with Gasteiger partial charge in [0, 0.05) is 0 Å². The van der Waals surface area contributed by atoms with E-state index in [4.69, 9.17) is 5.11 Å². The van der Waals surface area contributed by atoms with Gasteiger partial charge in [-0.1, -0.05) is 11.6 Å². The van der Waals surface area contributed by atoms with Crippen LogP contribution in [-0.2, 0) is 9.84 Å². The molecule has 0 aliphatic rings. The molecule has 1 aromatic carbocycles. The molecule has 1 N–H and O–H groups in total. The van der Waals surface area contributed by atoms with Gasteiger partial charge in [-0.3, -0.25) is 0 Å². The van der Waals surface area contributed by atoms with E-state index in [1.165, 1.54) is 6.08 Å². The van der Waals surface area contributed by atoms with Gasteiger partial charge >= 0.3 is 5.97 Å². The second kappa shape index (κ2) is 5.48. The average Bonchev–Trinajstić information content (AvgIpc) is 2.29. The number of sulfone groups is 1. The van der Waals surface area contributed by atoms with Gasteiger partial charge < -0.3 is 5.11 Å². The topological polar surface area (TPSA) is 71.4 Å². The van der Waals surface area contributed by atoms with Crippen LogP contribution in [0.25, 0.3) is 0 Å². The molecular formula is C12H12F2O4S. The molecule has 104 valence electrons. The van der Waals surface area contributed by atoms with Crippen molar-refractivity contribution in [2.45, 2.75) is 18.7 Å². The molecule has 0 aliphatic carbocycles. The van der Waals surface area contributed by atoms with E-state index in [0.717, 1.165) is 0 Å². The molecule has 0 unspecified atom stereocenters. The summed E-state index contributed by atoms with van der Waals surface area (Å²) in [5.41, 5.74) is 0.0773. The lowest BCUT2D eigenvalue weighted by atomic mass is 10.2. The quantitative estimate of drug-likeness (QED) is 0.864. The number of allylic oxidation sites excluding steroid dienone is 1. The van der Waals surface area contributed by atoms with E-state index in [2.05, 4.69) is 0 Å². The zero-order valence-electron chi connectivity index (χ0n) is 10.3. The van der Waals surface area contributed by atoms with Gasteiger partial charge in [-0.05, 0) is 26.0 Å². The Balaban J connectivity index is 3.41. The Morgan fingerprint density at radius 2 is 1.89 bits per heavy atom. The van der Waals surface area contributed by atoms with E-state index in [1.54, 1.807) is 13.8 Å². The van der Waals surface area contributed by atoms with Gasteiger partial charge in [-0.2, -0.15) is 0 Å². The largest absolute Gasteiger partial charge is 0.478 e. The Labute approximate surface area is 109 Å². The number of rotatable bonds is 4. The van der Waals surface area contributed by atoms with Gasteiger partial charge in [0.15, 0.2) is 21.5 Å². The van der Waals surface area contributed by atoms with Crippen molar-refractivity contribution in [3.63, 3.8) is 0 Å². The molecule has 0 radical (unpaired) electrons. The van der Waals surface area contributed by atoms with Crippen molar-refractivity contribution >= 4 is 15.8 Å². The fraction of sp³-hybridized carbons (Fsp3) is 0.250. The normalized spacial score (nSPS) is 11.2. The molecule has 0 saturated carbocycles. The van der Waals surface area contributed by atoms with Crippen LogP contribution in [0.1, 0.15) is 24.2 Å². The first-order valence-electron chi connectivity index (χ1n) is 5.23. The molecule has 0 heterocycles. The Bertz CT molecular complexity index is 644. The third-order valence-corrected chi connectivity index (χ3v) is 3.86. The van der Waals surface area contributed by atoms with Crippen molar-refractivity contribution in [1.29, 1.82) is 0 Å². The molecule has 1 aromatic rings. The summed E-state index contributed by atoms with van der Waals surface area (Å²) < 4.78 is 50.4. The summed E-state index contributed by atoms with van der Waals surface area (Å²) in [4.78, 5) is 9.77. The van der Waals surface area contributed by atoms with Crippen LogP contribution in [0.4, 0.5) is 8.78 Å². The van der Waals surface area contributed by atoms with Gasteiger partial charge in [0.25, 0.3) is 0 Å². The van der Waals surface area contributed by atoms with E-state index in [-0.39, 0.29) is 0 Å². The Morgan fingerprint density at radius 3 is 2.37 bits per heavy atom. The lowest BCUT2D eigenvalue weighted by molar-refractivity contribution is 0.0696. The number of hydrogen-bond acceptors (Lipinski definition) is 3. The van der Waals surface area contributed by atoms with Crippen LogP contribution in [0.3, 0.4) is 0 Å². The van der Waals surface area contributed by atoms with Crippen molar-refractivity contribution in [3.05, 3.63) is 41.0 Å². The number of hydrogen-bond donors (Lipinski definition) is 1. The first kappa shape index (κ1) is 15.3. The highest BCUT2D eigenvalue weighted by molar-refractivity contribution is 7.91. The van der Waals surface area contributed by atoms with Gasteiger partial charge in [0.1, 0.15) is 4.90 Å². The lowest BCUT2D eigenvalue weighted by Crippen LogP contribution is -2.11. The summed E-state index contributed by atoms with van der Waals surface area (Å²) in [6.07, 6.45) is 1.33. The molecule has 0 fully saturated rings. The summed E-state index contributed by atoms with van der Waals surface area (Å²) in [7, 11) is -4.12. The predicted molar refractivity (Wildman–Crippen MR) is 64.8 cm³/mol. The Kier molecular flexibility index (Phi) is 4.41.